The van der Waals surface area contributed by atoms with Crippen LogP contribution in [0.5, 0.6) is 0 Å². The van der Waals surface area contributed by atoms with E-state index in [4.69, 9.17) is 23.1 Å². The van der Waals surface area contributed by atoms with Gasteiger partial charge in [0.1, 0.15) is 11.0 Å². The smallest absolute Gasteiger partial charge is 0.276 e. The lowest BCUT2D eigenvalue weighted by Crippen LogP contribution is -2.49. The van der Waals surface area contributed by atoms with E-state index < -0.39 is 21.9 Å². The lowest BCUT2D eigenvalue weighted by atomic mass is 9.77. The van der Waals surface area contributed by atoms with Crippen molar-refractivity contribution in [1.82, 2.24) is 14.6 Å². The summed E-state index contributed by atoms with van der Waals surface area (Å²) in [5.74, 6) is -4.41. The van der Waals surface area contributed by atoms with Gasteiger partial charge in [-0.25, -0.2) is 22.2 Å². The van der Waals surface area contributed by atoms with Gasteiger partial charge in [0.05, 0.1) is 4.90 Å². The number of hydrogen-bond donors (Lipinski definition) is 3. The number of anilines is 2. The highest BCUT2D eigenvalue weighted by molar-refractivity contribution is 7.89. The maximum absolute atomic E-state index is 15.7. The molecule has 1 saturated carbocycles. The average molecular weight is 654 g/mol. The molecule has 11 nitrogen and oxygen atoms in total. The summed E-state index contributed by atoms with van der Waals surface area (Å²) in [5.41, 5.74) is 11.6. The van der Waals surface area contributed by atoms with Crippen LogP contribution in [-0.4, -0.2) is 81.4 Å². The first-order valence-corrected chi connectivity index (χ1v) is 16.7. The highest BCUT2D eigenvalue weighted by atomic mass is 35.5. The highest BCUT2D eigenvalue weighted by Crippen LogP contribution is 2.46. The van der Waals surface area contributed by atoms with Gasteiger partial charge in [-0.1, -0.05) is 11.6 Å². The third kappa shape index (κ3) is 6.84. The van der Waals surface area contributed by atoms with Gasteiger partial charge in [-0.15, -0.1) is 0 Å². The predicted octanol–water partition coefficient (Wildman–Crippen LogP) is 2.28. The Hall–Kier alpha value is -2.91. The molecule has 3 aliphatic rings. The summed E-state index contributed by atoms with van der Waals surface area (Å²) in [6.07, 6.45) is 1.38. The van der Waals surface area contributed by atoms with E-state index in [-0.39, 0.29) is 90.6 Å². The summed E-state index contributed by atoms with van der Waals surface area (Å²) in [6, 6.07) is 8.40. The second-order valence-corrected chi connectivity index (χ2v) is 14.0. The molecule has 2 saturated heterocycles. The van der Waals surface area contributed by atoms with Crippen LogP contribution in [0.1, 0.15) is 37.7 Å². The van der Waals surface area contributed by atoms with Gasteiger partial charge in [0.2, 0.25) is 21.8 Å². The number of sulfonamides is 1. The van der Waals surface area contributed by atoms with Crippen molar-refractivity contribution in [3.05, 3.63) is 47.1 Å². The first-order chi connectivity index (χ1) is 20.9. The number of nitrogens with one attached hydrogen (secondary N) is 1. The Morgan fingerprint density at radius 3 is 2.32 bits per heavy atom. The number of pyridine rings is 1. The maximum atomic E-state index is 15.7. The molecule has 1 atom stereocenters. The van der Waals surface area contributed by atoms with Crippen LogP contribution in [0.15, 0.2) is 41.3 Å². The molecule has 2 aliphatic heterocycles. The SMILES string of the molecule is NCCNC(=O)C1CCC(C(F)(F)c2cc(Cl)nc(N3CCN(S(=O)(=O)c4ccc(N5C[C@H](N)CC5=O)cc4)CC3)c2)CC1. The Kier molecular flexibility index (Phi) is 9.75. The van der Waals surface area contributed by atoms with Crippen LogP contribution in [0.3, 0.4) is 0 Å². The van der Waals surface area contributed by atoms with Gasteiger partial charge in [-0.2, -0.15) is 4.31 Å². The van der Waals surface area contributed by atoms with Crippen LogP contribution in [0.4, 0.5) is 20.3 Å². The van der Waals surface area contributed by atoms with E-state index in [0.717, 1.165) is 0 Å². The standard InChI is InChI=1S/C29H38ClF2N7O4S/c30-25-15-21(29(31,32)20-3-1-19(2-4-20)28(41)35-10-9-33)16-26(36-25)37-11-13-38(14-12-37)44(42,43)24-7-5-23(6-8-24)39-18-22(34)17-27(39)40/h5-8,15-16,19-20,22H,1-4,9-14,17-18,33-34H2,(H,35,41)/t19?,20?,22-/m1/s1. The maximum Gasteiger partial charge on any atom is 0.276 e. The zero-order valence-electron chi connectivity index (χ0n) is 24.3. The molecule has 0 radical (unpaired) electrons. The Morgan fingerprint density at radius 2 is 1.73 bits per heavy atom. The minimum Gasteiger partial charge on any atom is -0.355 e. The topological polar surface area (TPSA) is 155 Å². The summed E-state index contributed by atoms with van der Waals surface area (Å²) in [7, 11) is -3.82. The quantitative estimate of drug-likeness (QED) is 0.348. The number of aromatic nitrogens is 1. The van der Waals surface area contributed by atoms with E-state index in [1.807, 2.05) is 0 Å². The number of carbonyl (C=O) groups is 2. The molecule has 3 heterocycles. The van der Waals surface area contributed by atoms with Gasteiger partial charge in [-0.05, 0) is 62.1 Å². The number of amides is 2. The van der Waals surface area contributed by atoms with Crippen molar-refractivity contribution in [2.45, 2.75) is 49.0 Å². The Labute approximate surface area is 260 Å². The van der Waals surface area contributed by atoms with E-state index >= 15 is 8.78 Å². The summed E-state index contributed by atoms with van der Waals surface area (Å²) < 4.78 is 59.5. The van der Waals surface area contributed by atoms with E-state index in [1.165, 1.54) is 28.6 Å². The van der Waals surface area contributed by atoms with Crippen molar-refractivity contribution in [3.8, 4) is 0 Å². The van der Waals surface area contributed by atoms with Crippen LogP contribution in [0.25, 0.3) is 0 Å². The van der Waals surface area contributed by atoms with E-state index in [1.54, 1.807) is 21.9 Å². The first-order valence-electron chi connectivity index (χ1n) is 14.8. The number of alkyl halides is 2. The Morgan fingerprint density at radius 1 is 1.07 bits per heavy atom. The van der Waals surface area contributed by atoms with Gasteiger partial charge in [-0.3, -0.25) is 9.59 Å². The molecule has 240 valence electrons. The molecule has 0 spiro atoms. The molecule has 3 fully saturated rings. The third-order valence-corrected chi connectivity index (χ3v) is 10.8. The molecule has 2 aromatic rings. The second kappa shape index (κ2) is 13.2. The van der Waals surface area contributed by atoms with Crippen LogP contribution in [-0.2, 0) is 25.5 Å². The van der Waals surface area contributed by atoms with E-state index in [9.17, 15) is 18.0 Å². The molecule has 5 rings (SSSR count). The summed E-state index contributed by atoms with van der Waals surface area (Å²) >= 11 is 6.21. The molecule has 2 amide bonds. The first kappa shape index (κ1) is 32.5. The van der Waals surface area contributed by atoms with Crippen molar-refractivity contribution < 1.29 is 26.8 Å². The molecule has 5 N–H and O–H groups in total. The monoisotopic (exact) mass is 653 g/mol. The van der Waals surface area contributed by atoms with Crippen molar-refractivity contribution >= 4 is 44.9 Å². The fourth-order valence-corrected chi connectivity index (χ4v) is 7.85. The zero-order valence-corrected chi connectivity index (χ0v) is 25.9. The third-order valence-electron chi connectivity index (χ3n) is 8.72. The minimum absolute atomic E-state index is 0.0698. The average Bonchev–Trinajstić information content (AvgIpc) is 3.37. The van der Waals surface area contributed by atoms with Crippen LogP contribution in [0.2, 0.25) is 5.15 Å². The van der Waals surface area contributed by atoms with E-state index in [2.05, 4.69) is 10.3 Å². The number of piperazine rings is 1. The molecule has 44 heavy (non-hydrogen) atoms. The second-order valence-electron chi connectivity index (χ2n) is 11.6. The van der Waals surface area contributed by atoms with Crippen molar-refractivity contribution in [2.75, 3.05) is 55.6 Å². The van der Waals surface area contributed by atoms with Gasteiger partial charge < -0.3 is 26.6 Å². The highest BCUT2D eigenvalue weighted by Gasteiger charge is 2.44. The van der Waals surface area contributed by atoms with Gasteiger partial charge in [0, 0.05) is 81.4 Å². The zero-order chi connectivity index (χ0) is 31.6. The number of rotatable bonds is 9. The van der Waals surface area contributed by atoms with Crippen LogP contribution in [0, 0.1) is 11.8 Å². The lowest BCUT2D eigenvalue weighted by molar-refractivity contribution is -0.129. The molecule has 1 aromatic heterocycles. The number of nitrogens with two attached hydrogens (primary N) is 2. The van der Waals surface area contributed by atoms with Crippen molar-refractivity contribution in [1.29, 1.82) is 0 Å². The number of benzene rings is 1. The van der Waals surface area contributed by atoms with Crippen molar-refractivity contribution in [2.24, 2.45) is 23.3 Å². The largest absolute Gasteiger partial charge is 0.355 e. The van der Waals surface area contributed by atoms with Crippen LogP contribution >= 0.6 is 11.6 Å². The normalized spacial score (nSPS) is 23.7. The Balaban J connectivity index is 1.22. The number of halogens is 3. The molecule has 0 unspecified atom stereocenters. The van der Waals surface area contributed by atoms with Gasteiger partial charge >= 0.3 is 0 Å². The fourth-order valence-electron chi connectivity index (χ4n) is 6.22. The molecule has 1 aliphatic carbocycles. The molecule has 15 heteroatoms. The molecule has 0 bridgehead atoms. The molecular weight excluding hydrogens is 616 g/mol. The van der Waals surface area contributed by atoms with Crippen molar-refractivity contribution in [3.63, 3.8) is 0 Å². The van der Waals surface area contributed by atoms with E-state index in [0.29, 0.717) is 38.2 Å². The molecular formula is C29H38ClF2N7O4S. The van der Waals surface area contributed by atoms with Crippen LogP contribution < -0.4 is 26.6 Å². The Bertz CT molecular complexity index is 1460. The van der Waals surface area contributed by atoms with Gasteiger partial charge in [0.25, 0.3) is 5.92 Å². The number of hydrogen-bond acceptors (Lipinski definition) is 8. The summed E-state index contributed by atoms with van der Waals surface area (Å²) in [4.78, 5) is 32.1. The summed E-state index contributed by atoms with van der Waals surface area (Å²) in [5, 5.41) is 2.67. The lowest BCUT2D eigenvalue weighted by Gasteiger charge is -2.36. The predicted molar refractivity (Wildman–Crippen MR) is 163 cm³/mol. The molecule has 1 aromatic carbocycles. The number of carbonyl (C=O) groups excluding carboxylic acids is 2. The van der Waals surface area contributed by atoms with Gasteiger partial charge in [0.15, 0.2) is 0 Å². The fraction of sp³-hybridized carbons (Fsp3) is 0.552. The minimum atomic E-state index is -3.82. The summed E-state index contributed by atoms with van der Waals surface area (Å²) in [6.45, 7) is 1.78. The number of nitrogens with zero attached hydrogens (tertiary/aromatic N) is 4.